The highest BCUT2D eigenvalue weighted by Gasteiger charge is 2.36. The molecular weight excluding hydrogens is 625 g/mol. The maximum atomic E-state index is 13.9. The third-order valence-corrected chi connectivity index (χ3v) is 10.9. The largest absolute Gasteiger partial charge is 0.436 e. The Morgan fingerprint density at radius 3 is 2.24 bits per heavy atom. The summed E-state index contributed by atoms with van der Waals surface area (Å²) in [6.07, 6.45) is 5.20. The molecular formula is C35H47Cl2N5O4. The van der Waals surface area contributed by atoms with Gasteiger partial charge in [-0.15, -0.1) is 0 Å². The van der Waals surface area contributed by atoms with E-state index in [1.54, 1.807) is 17.0 Å². The summed E-state index contributed by atoms with van der Waals surface area (Å²) < 4.78 is 6.00. The summed E-state index contributed by atoms with van der Waals surface area (Å²) in [5.74, 6) is 1.19. The fourth-order valence-electron chi connectivity index (χ4n) is 7.47. The van der Waals surface area contributed by atoms with Crippen LogP contribution in [0.5, 0.6) is 0 Å². The van der Waals surface area contributed by atoms with Gasteiger partial charge in [0.15, 0.2) is 6.10 Å². The van der Waals surface area contributed by atoms with Gasteiger partial charge in [-0.1, -0.05) is 54.9 Å². The van der Waals surface area contributed by atoms with Gasteiger partial charge in [0.25, 0.3) is 5.91 Å². The van der Waals surface area contributed by atoms with Crippen molar-refractivity contribution in [3.8, 4) is 0 Å². The Morgan fingerprint density at radius 2 is 1.52 bits per heavy atom. The molecule has 3 saturated heterocycles. The molecule has 250 valence electrons. The first kappa shape index (κ1) is 34.3. The molecule has 0 spiro atoms. The number of piperidine rings is 3. The Balaban J connectivity index is 0.00000417. The minimum Gasteiger partial charge on any atom is -0.436 e. The summed E-state index contributed by atoms with van der Waals surface area (Å²) >= 11 is 12.4. The number of fused-ring (bicyclic) bond motifs is 1. The Labute approximate surface area is 282 Å². The van der Waals surface area contributed by atoms with E-state index in [-0.39, 0.29) is 31.8 Å². The van der Waals surface area contributed by atoms with Crippen LogP contribution in [0.1, 0.15) is 57.1 Å². The molecule has 6 rings (SSSR count). The van der Waals surface area contributed by atoms with Gasteiger partial charge in [0, 0.05) is 50.9 Å². The van der Waals surface area contributed by atoms with E-state index in [1.807, 2.05) is 40.1 Å². The molecule has 4 heterocycles. The number of carbonyl (C=O) groups excluding carboxylic acids is 3. The maximum Gasteiger partial charge on any atom is 0.410 e. The number of benzene rings is 2. The standard InChI is InChI=1S/C34H43Cl2N5O4.CH4/c35-28-6-5-23(21-29(28)36)22-31(32(42)39-16-9-25(10-17-39)24-7-14-37-15-8-24)45-34(44)40-18-12-27(13-19-40)41-20-11-26-3-1-2-4-30(26)38-33(41)43;/h1-6,21,24-25,27,31,37H,7-20,22H2,(H,38,43);1H4/t31-;/m1./s1. The molecule has 4 aliphatic heterocycles. The van der Waals surface area contributed by atoms with Gasteiger partial charge in [0.2, 0.25) is 0 Å². The van der Waals surface area contributed by atoms with E-state index in [4.69, 9.17) is 27.9 Å². The number of nitrogens with one attached hydrogen (secondary N) is 2. The number of likely N-dealkylation sites (tertiary alicyclic amines) is 2. The molecule has 2 aromatic carbocycles. The van der Waals surface area contributed by atoms with Crippen molar-refractivity contribution in [2.75, 3.05) is 51.1 Å². The quantitative estimate of drug-likeness (QED) is 0.367. The number of nitrogens with zero attached hydrogens (tertiary/aromatic N) is 3. The molecule has 0 aliphatic carbocycles. The molecule has 4 amide bonds. The summed E-state index contributed by atoms with van der Waals surface area (Å²) in [5, 5.41) is 7.32. The van der Waals surface area contributed by atoms with Crippen molar-refractivity contribution in [1.29, 1.82) is 0 Å². The highest BCUT2D eigenvalue weighted by molar-refractivity contribution is 6.42. The highest BCUT2D eigenvalue weighted by atomic mass is 35.5. The van der Waals surface area contributed by atoms with Gasteiger partial charge in [0.1, 0.15) is 0 Å². The minimum absolute atomic E-state index is 0. The van der Waals surface area contributed by atoms with Crippen molar-refractivity contribution >= 4 is 46.9 Å². The number of anilines is 1. The van der Waals surface area contributed by atoms with Gasteiger partial charge in [-0.2, -0.15) is 0 Å². The third kappa shape index (κ3) is 8.09. The minimum atomic E-state index is -0.960. The number of ether oxygens (including phenoxy) is 1. The third-order valence-electron chi connectivity index (χ3n) is 10.1. The van der Waals surface area contributed by atoms with E-state index in [9.17, 15) is 14.4 Å². The summed E-state index contributed by atoms with van der Waals surface area (Å²) in [6.45, 7) is 5.04. The molecule has 3 fully saturated rings. The average molecular weight is 673 g/mol. The number of halogens is 2. The second-order valence-corrected chi connectivity index (χ2v) is 13.6. The molecule has 0 unspecified atom stereocenters. The lowest BCUT2D eigenvalue weighted by molar-refractivity contribution is -0.142. The molecule has 9 nitrogen and oxygen atoms in total. The van der Waals surface area contributed by atoms with Crippen molar-refractivity contribution in [2.24, 2.45) is 11.8 Å². The normalized spacial score (nSPS) is 20.7. The van der Waals surface area contributed by atoms with Crippen LogP contribution in [-0.4, -0.2) is 90.7 Å². The second kappa shape index (κ2) is 15.7. The number of hydrogen-bond donors (Lipinski definition) is 2. The lowest BCUT2D eigenvalue weighted by Crippen LogP contribution is -2.52. The van der Waals surface area contributed by atoms with Crippen LogP contribution in [0, 0.1) is 11.8 Å². The first-order chi connectivity index (χ1) is 21.9. The summed E-state index contributed by atoms with van der Waals surface area (Å²) in [4.78, 5) is 45.9. The monoisotopic (exact) mass is 671 g/mol. The summed E-state index contributed by atoms with van der Waals surface area (Å²) in [6, 6.07) is 13.1. The Morgan fingerprint density at radius 1 is 0.848 bits per heavy atom. The van der Waals surface area contributed by atoms with E-state index in [0.29, 0.717) is 67.4 Å². The molecule has 2 aromatic rings. The lowest BCUT2D eigenvalue weighted by Gasteiger charge is -2.39. The highest BCUT2D eigenvalue weighted by Crippen LogP contribution is 2.32. The zero-order valence-corrected chi connectivity index (χ0v) is 27.2. The van der Waals surface area contributed by atoms with Crippen LogP contribution < -0.4 is 10.6 Å². The van der Waals surface area contributed by atoms with Crippen LogP contribution in [0.15, 0.2) is 42.5 Å². The topological polar surface area (TPSA) is 94.2 Å². The van der Waals surface area contributed by atoms with Crippen molar-refractivity contribution < 1.29 is 19.1 Å². The van der Waals surface area contributed by atoms with E-state index < -0.39 is 12.2 Å². The van der Waals surface area contributed by atoms with E-state index >= 15 is 0 Å². The number of para-hydroxylation sites is 1. The van der Waals surface area contributed by atoms with Crippen molar-refractivity contribution in [1.82, 2.24) is 20.0 Å². The van der Waals surface area contributed by atoms with Crippen LogP contribution in [0.25, 0.3) is 0 Å². The predicted octanol–water partition coefficient (Wildman–Crippen LogP) is 6.47. The van der Waals surface area contributed by atoms with Gasteiger partial charge in [-0.05, 0) is 99.2 Å². The van der Waals surface area contributed by atoms with Crippen LogP contribution in [0.2, 0.25) is 10.0 Å². The first-order valence-corrected chi connectivity index (χ1v) is 17.2. The van der Waals surface area contributed by atoms with E-state index in [2.05, 4.69) is 10.6 Å². The van der Waals surface area contributed by atoms with Gasteiger partial charge in [-0.25, -0.2) is 9.59 Å². The SMILES string of the molecule is C.O=C(O[C@H](Cc1ccc(Cl)c(Cl)c1)C(=O)N1CCC(C2CCNCC2)CC1)N1CCC(N2CCc3ccccc3NC2=O)CC1. The molecule has 2 N–H and O–H groups in total. The predicted molar refractivity (Wildman–Crippen MR) is 183 cm³/mol. The summed E-state index contributed by atoms with van der Waals surface area (Å²) in [5.41, 5.74) is 2.77. The second-order valence-electron chi connectivity index (χ2n) is 12.8. The number of urea groups is 1. The molecule has 0 aromatic heterocycles. The fraction of sp³-hybridized carbons (Fsp3) is 0.571. The summed E-state index contributed by atoms with van der Waals surface area (Å²) in [7, 11) is 0. The molecule has 4 aliphatic rings. The number of rotatable bonds is 6. The first-order valence-electron chi connectivity index (χ1n) is 16.4. The zero-order valence-electron chi connectivity index (χ0n) is 25.7. The van der Waals surface area contributed by atoms with Gasteiger partial charge in [0.05, 0.1) is 10.0 Å². The van der Waals surface area contributed by atoms with Crippen molar-refractivity contribution in [3.05, 3.63) is 63.6 Å². The van der Waals surface area contributed by atoms with E-state index in [1.165, 1.54) is 12.8 Å². The Kier molecular flexibility index (Phi) is 11.7. The smallest absolute Gasteiger partial charge is 0.410 e. The molecule has 0 saturated carbocycles. The lowest BCUT2D eigenvalue weighted by atomic mass is 9.79. The number of hydrogen-bond acceptors (Lipinski definition) is 5. The fourth-order valence-corrected chi connectivity index (χ4v) is 7.79. The van der Waals surface area contributed by atoms with Crippen molar-refractivity contribution in [2.45, 2.75) is 70.9 Å². The maximum absolute atomic E-state index is 13.9. The number of carbonyl (C=O) groups is 3. The van der Waals surface area contributed by atoms with Crippen LogP contribution in [0.4, 0.5) is 15.3 Å². The Hall–Kier alpha value is -3.01. The Bertz CT molecular complexity index is 1370. The van der Waals surface area contributed by atoms with Crippen LogP contribution in [0.3, 0.4) is 0 Å². The number of amides is 4. The molecule has 11 heteroatoms. The zero-order chi connectivity index (χ0) is 31.3. The van der Waals surface area contributed by atoms with Crippen molar-refractivity contribution in [3.63, 3.8) is 0 Å². The molecule has 0 radical (unpaired) electrons. The van der Waals surface area contributed by atoms with Crippen LogP contribution in [-0.2, 0) is 22.4 Å². The average Bonchev–Trinajstić information content (AvgIpc) is 3.24. The van der Waals surface area contributed by atoms with Gasteiger partial charge < -0.3 is 30.1 Å². The molecule has 0 bridgehead atoms. The van der Waals surface area contributed by atoms with Gasteiger partial charge >= 0.3 is 12.1 Å². The van der Waals surface area contributed by atoms with Crippen LogP contribution >= 0.6 is 23.2 Å². The van der Waals surface area contributed by atoms with Gasteiger partial charge in [-0.3, -0.25) is 4.79 Å². The van der Waals surface area contributed by atoms with E-state index in [0.717, 1.165) is 49.2 Å². The molecule has 46 heavy (non-hydrogen) atoms. The molecule has 1 atom stereocenters.